The molecule has 146 valence electrons. The van der Waals surface area contributed by atoms with Crippen LogP contribution >= 0.6 is 11.3 Å². The molecule has 0 spiro atoms. The predicted octanol–water partition coefficient (Wildman–Crippen LogP) is 4.31. The Morgan fingerprint density at radius 3 is 2.61 bits per heavy atom. The smallest absolute Gasteiger partial charge is 0.225 e. The van der Waals surface area contributed by atoms with Crippen molar-refractivity contribution in [1.29, 1.82) is 0 Å². The molecule has 1 atom stereocenters. The maximum absolute atomic E-state index is 4.65. The van der Waals surface area contributed by atoms with Crippen LogP contribution in [0.1, 0.15) is 47.7 Å². The van der Waals surface area contributed by atoms with Gasteiger partial charge in [0, 0.05) is 43.8 Å². The number of hydrogen-bond acceptors (Lipinski definition) is 6. The first-order chi connectivity index (χ1) is 13.8. The Morgan fingerprint density at radius 1 is 1.07 bits per heavy atom. The van der Waals surface area contributed by atoms with Crippen molar-refractivity contribution in [2.75, 3.05) is 18.0 Å². The second-order valence-electron chi connectivity index (χ2n) is 7.41. The number of aromatic nitrogens is 3. The molecule has 1 unspecified atom stereocenters. The van der Waals surface area contributed by atoms with Gasteiger partial charge in [0.2, 0.25) is 5.95 Å². The maximum Gasteiger partial charge on any atom is 0.225 e. The van der Waals surface area contributed by atoms with Crippen LogP contribution in [0.3, 0.4) is 0 Å². The van der Waals surface area contributed by atoms with Crippen molar-refractivity contribution in [3.05, 3.63) is 69.9 Å². The van der Waals surface area contributed by atoms with Gasteiger partial charge in [0.05, 0.1) is 11.7 Å². The van der Waals surface area contributed by atoms with Gasteiger partial charge in [0.15, 0.2) is 0 Å². The molecule has 6 heteroatoms. The van der Waals surface area contributed by atoms with Crippen LogP contribution in [0, 0.1) is 6.92 Å². The Morgan fingerprint density at radius 2 is 1.89 bits per heavy atom. The average molecular weight is 394 g/mol. The van der Waals surface area contributed by atoms with Crippen molar-refractivity contribution < 1.29 is 0 Å². The lowest BCUT2D eigenvalue weighted by Crippen LogP contribution is -2.31. The van der Waals surface area contributed by atoms with Crippen LogP contribution in [0.5, 0.6) is 0 Å². The number of nitrogens with one attached hydrogen (secondary N) is 1. The largest absolute Gasteiger partial charge is 0.341 e. The fraction of sp³-hybridized carbons (Fsp3) is 0.409. The highest BCUT2D eigenvalue weighted by Crippen LogP contribution is 2.22. The number of piperidine rings is 1. The molecule has 4 heterocycles. The first-order valence-electron chi connectivity index (χ1n) is 10.0. The Hall–Kier alpha value is -2.31. The lowest BCUT2D eigenvalue weighted by atomic mass is 10.0. The molecule has 0 amide bonds. The number of rotatable bonds is 7. The molecule has 3 aromatic rings. The molecular weight excluding hydrogens is 366 g/mol. The highest BCUT2D eigenvalue weighted by molar-refractivity contribution is 7.07. The van der Waals surface area contributed by atoms with Crippen molar-refractivity contribution in [1.82, 2.24) is 20.3 Å². The normalized spacial score (nSPS) is 15.5. The third-order valence-electron chi connectivity index (χ3n) is 5.28. The van der Waals surface area contributed by atoms with Gasteiger partial charge in [-0.15, -0.1) is 0 Å². The van der Waals surface area contributed by atoms with Gasteiger partial charge in [-0.05, 0) is 66.6 Å². The van der Waals surface area contributed by atoms with Crippen molar-refractivity contribution in [2.24, 2.45) is 0 Å². The fourth-order valence-corrected chi connectivity index (χ4v) is 4.39. The standard InChI is InChI=1S/C22H27N5S/c1-17-6-5-8-23-21(17)20(12-18-7-11-28-16-18)24-13-19-14-25-22(26-15-19)27-9-3-2-4-10-27/h5-8,11,14-16,20,24H,2-4,9-10,12-13H2,1H3. The number of aryl methyl sites for hydroxylation is 1. The zero-order valence-electron chi connectivity index (χ0n) is 16.3. The Balaban J connectivity index is 1.44. The van der Waals surface area contributed by atoms with Gasteiger partial charge in [-0.1, -0.05) is 6.07 Å². The van der Waals surface area contributed by atoms with Crippen molar-refractivity contribution in [3.63, 3.8) is 0 Å². The van der Waals surface area contributed by atoms with Crippen LogP contribution in [-0.4, -0.2) is 28.0 Å². The van der Waals surface area contributed by atoms with Gasteiger partial charge in [-0.25, -0.2) is 9.97 Å². The monoisotopic (exact) mass is 393 g/mol. The van der Waals surface area contributed by atoms with Crippen LogP contribution in [0.25, 0.3) is 0 Å². The molecule has 1 saturated heterocycles. The number of pyridine rings is 1. The number of hydrogen-bond donors (Lipinski definition) is 1. The van der Waals surface area contributed by atoms with Gasteiger partial charge in [0.1, 0.15) is 0 Å². The maximum atomic E-state index is 4.65. The molecule has 1 aliphatic heterocycles. The SMILES string of the molecule is Cc1cccnc1C(Cc1ccsc1)NCc1cnc(N2CCCCC2)nc1. The first-order valence-corrected chi connectivity index (χ1v) is 11.0. The summed E-state index contributed by atoms with van der Waals surface area (Å²) in [5, 5.41) is 8.02. The number of anilines is 1. The van der Waals surface area contributed by atoms with Crippen LogP contribution in [0.15, 0.2) is 47.5 Å². The molecule has 4 rings (SSSR count). The lowest BCUT2D eigenvalue weighted by Gasteiger charge is -2.26. The zero-order valence-corrected chi connectivity index (χ0v) is 17.2. The molecule has 0 radical (unpaired) electrons. The highest BCUT2D eigenvalue weighted by Gasteiger charge is 2.17. The summed E-state index contributed by atoms with van der Waals surface area (Å²) in [4.78, 5) is 16.2. The summed E-state index contributed by atoms with van der Waals surface area (Å²) in [7, 11) is 0. The van der Waals surface area contributed by atoms with Gasteiger partial charge < -0.3 is 10.2 Å². The molecule has 3 aromatic heterocycles. The zero-order chi connectivity index (χ0) is 19.2. The molecule has 0 bridgehead atoms. The summed E-state index contributed by atoms with van der Waals surface area (Å²) in [5.74, 6) is 0.860. The highest BCUT2D eigenvalue weighted by atomic mass is 32.1. The van der Waals surface area contributed by atoms with E-state index in [2.05, 4.69) is 55.0 Å². The summed E-state index contributed by atoms with van der Waals surface area (Å²) in [5.41, 5.74) is 4.76. The van der Waals surface area contributed by atoms with Gasteiger partial charge >= 0.3 is 0 Å². The van der Waals surface area contributed by atoms with E-state index in [0.29, 0.717) is 0 Å². The quantitative estimate of drug-likeness (QED) is 0.648. The summed E-state index contributed by atoms with van der Waals surface area (Å²) in [6.45, 7) is 4.99. The van der Waals surface area contributed by atoms with Crippen LogP contribution in [0.4, 0.5) is 5.95 Å². The first kappa shape index (κ1) is 19.0. The summed E-state index contributed by atoms with van der Waals surface area (Å²) in [6, 6.07) is 6.47. The van der Waals surface area contributed by atoms with E-state index in [4.69, 9.17) is 0 Å². The van der Waals surface area contributed by atoms with E-state index < -0.39 is 0 Å². The minimum absolute atomic E-state index is 0.164. The van der Waals surface area contributed by atoms with E-state index in [1.807, 2.05) is 24.7 Å². The second-order valence-corrected chi connectivity index (χ2v) is 8.19. The van der Waals surface area contributed by atoms with E-state index in [1.54, 1.807) is 11.3 Å². The lowest BCUT2D eigenvalue weighted by molar-refractivity contribution is 0.514. The Kier molecular flexibility index (Phi) is 6.29. The number of thiophene rings is 1. The fourth-order valence-electron chi connectivity index (χ4n) is 3.71. The van der Waals surface area contributed by atoms with E-state index in [9.17, 15) is 0 Å². The third kappa shape index (κ3) is 4.75. The molecule has 0 aromatic carbocycles. The van der Waals surface area contributed by atoms with Crippen molar-refractivity contribution in [2.45, 2.75) is 45.2 Å². The summed E-state index contributed by atoms with van der Waals surface area (Å²) in [6.07, 6.45) is 10.5. The predicted molar refractivity (Wildman–Crippen MR) is 115 cm³/mol. The summed E-state index contributed by atoms with van der Waals surface area (Å²) >= 11 is 1.74. The Labute approximate surface area is 170 Å². The number of nitrogens with zero attached hydrogens (tertiary/aromatic N) is 4. The van der Waals surface area contributed by atoms with Crippen LogP contribution in [0.2, 0.25) is 0 Å². The third-order valence-corrected chi connectivity index (χ3v) is 6.02. The topological polar surface area (TPSA) is 53.9 Å². The molecule has 1 fully saturated rings. The van der Waals surface area contributed by atoms with E-state index in [1.165, 1.54) is 30.4 Å². The second kappa shape index (κ2) is 9.26. The minimum atomic E-state index is 0.164. The van der Waals surface area contributed by atoms with E-state index >= 15 is 0 Å². The van der Waals surface area contributed by atoms with E-state index in [-0.39, 0.29) is 6.04 Å². The van der Waals surface area contributed by atoms with Crippen LogP contribution in [-0.2, 0) is 13.0 Å². The van der Waals surface area contributed by atoms with Gasteiger partial charge in [-0.2, -0.15) is 11.3 Å². The molecule has 5 nitrogen and oxygen atoms in total. The Bertz CT molecular complexity index is 857. The molecule has 0 saturated carbocycles. The van der Waals surface area contributed by atoms with Crippen molar-refractivity contribution in [3.8, 4) is 0 Å². The molecule has 0 aliphatic carbocycles. The molecule has 1 aliphatic rings. The van der Waals surface area contributed by atoms with Crippen LogP contribution < -0.4 is 10.2 Å². The minimum Gasteiger partial charge on any atom is -0.341 e. The summed E-state index contributed by atoms with van der Waals surface area (Å²) < 4.78 is 0. The molecule has 28 heavy (non-hydrogen) atoms. The van der Waals surface area contributed by atoms with Gasteiger partial charge in [0.25, 0.3) is 0 Å². The molecular formula is C22H27N5S. The average Bonchev–Trinajstić information content (AvgIpc) is 3.26. The van der Waals surface area contributed by atoms with E-state index in [0.717, 1.165) is 43.3 Å². The van der Waals surface area contributed by atoms with Gasteiger partial charge in [-0.3, -0.25) is 4.98 Å². The van der Waals surface area contributed by atoms with Crippen molar-refractivity contribution >= 4 is 17.3 Å². The molecule has 1 N–H and O–H groups in total.